The van der Waals surface area contributed by atoms with Crippen LogP contribution in [0.1, 0.15) is 25.5 Å². The van der Waals surface area contributed by atoms with E-state index in [-0.39, 0.29) is 19.3 Å². The number of benzene rings is 1. The van der Waals surface area contributed by atoms with Crippen LogP contribution >= 0.6 is 23.2 Å². The number of hydrogen-bond donors (Lipinski definition) is 3. The molecule has 0 radical (unpaired) electrons. The quantitative estimate of drug-likeness (QED) is 0.775. The number of aliphatic hydroxyl groups excluding tert-OH is 2. The van der Waals surface area contributed by atoms with Gasteiger partial charge in [-0.05, 0) is 31.5 Å². The van der Waals surface area contributed by atoms with Crippen LogP contribution in [0, 0.1) is 0 Å². The molecule has 0 saturated carbocycles. The molecule has 0 aromatic heterocycles. The van der Waals surface area contributed by atoms with Gasteiger partial charge in [0.15, 0.2) is 0 Å². The lowest BCUT2D eigenvalue weighted by Crippen LogP contribution is -2.49. The SMILES string of the molecule is CC(NC(C)(CO)CO)c1ccc(Cl)cc1Cl. The third-order valence-electron chi connectivity index (χ3n) is 2.69. The van der Waals surface area contributed by atoms with Gasteiger partial charge < -0.3 is 15.5 Å². The highest BCUT2D eigenvalue weighted by atomic mass is 35.5. The monoisotopic (exact) mass is 277 g/mol. The second kappa shape index (κ2) is 6.03. The fourth-order valence-corrected chi connectivity index (χ4v) is 2.17. The lowest BCUT2D eigenvalue weighted by Gasteiger charge is -2.30. The van der Waals surface area contributed by atoms with Crippen molar-refractivity contribution in [3.05, 3.63) is 33.8 Å². The van der Waals surface area contributed by atoms with Crippen molar-refractivity contribution in [2.45, 2.75) is 25.4 Å². The van der Waals surface area contributed by atoms with E-state index in [1.807, 2.05) is 13.0 Å². The Morgan fingerprint density at radius 3 is 2.35 bits per heavy atom. The summed E-state index contributed by atoms with van der Waals surface area (Å²) in [6, 6.07) is 5.17. The molecule has 0 bridgehead atoms. The molecule has 0 saturated heterocycles. The summed E-state index contributed by atoms with van der Waals surface area (Å²) in [6.45, 7) is 3.35. The zero-order valence-electron chi connectivity index (χ0n) is 9.87. The first-order valence-electron chi connectivity index (χ1n) is 5.36. The van der Waals surface area contributed by atoms with E-state index >= 15 is 0 Å². The Morgan fingerprint density at radius 2 is 1.88 bits per heavy atom. The summed E-state index contributed by atoms with van der Waals surface area (Å²) < 4.78 is 0. The highest BCUT2D eigenvalue weighted by Crippen LogP contribution is 2.27. The van der Waals surface area contributed by atoms with Crippen molar-refractivity contribution in [2.75, 3.05) is 13.2 Å². The molecule has 1 atom stereocenters. The van der Waals surface area contributed by atoms with Crippen LogP contribution in [0.2, 0.25) is 10.0 Å². The number of rotatable bonds is 5. The van der Waals surface area contributed by atoms with E-state index in [1.54, 1.807) is 19.1 Å². The van der Waals surface area contributed by atoms with Gasteiger partial charge in [-0.15, -0.1) is 0 Å². The van der Waals surface area contributed by atoms with Gasteiger partial charge in [-0.25, -0.2) is 0 Å². The van der Waals surface area contributed by atoms with Crippen LogP contribution in [-0.2, 0) is 0 Å². The standard InChI is InChI=1S/C12H17Cl2NO2/c1-8(15-12(2,6-16)7-17)10-4-3-9(13)5-11(10)14/h3-5,8,15-17H,6-7H2,1-2H3. The predicted molar refractivity (Wildman–Crippen MR) is 70.6 cm³/mol. The van der Waals surface area contributed by atoms with E-state index in [9.17, 15) is 10.2 Å². The minimum Gasteiger partial charge on any atom is -0.394 e. The maximum Gasteiger partial charge on any atom is 0.0633 e. The average molecular weight is 278 g/mol. The van der Waals surface area contributed by atoms with Crippen LogP contribution in [0.5, 0.6) is 0 Å². The first-order valence-corrected chi connectivity index (χ1v) is 6.12. The van der Waals surface area contributed by atoms with Crippen molar-refractivity contribution in [2.24, 2.45) is 0 Å². The fourth-order valence-electron chi connectivity index (χ4n) is 1.59. The van der Waals surface area contributed by atoms with E-state index in [2.05, 4.69) is 5.32 Å². The van der Waals surface area contributed by atoms with Crippen LogP contribution in [0.4, 0.5) is 0 Å². The molecule has 17 heavy (non-hydrogen) atoms. The van der Waals surface area contributed by atoms with Gasteiger partial charge in [-0.1, -0.05) is 29.3 Å². The third-order valence-corrected chi connectivity index (χ3v) is 3.25. The van der Waals surface area contributed by atoms with Crippen molar-refractivity contribution in [1.82, 2.24) is 5.32 Å². The molecule has 0 aliphatic heterocycles. The van der Waals surface area contributed by atoms with Crippen LogP contribution in [0.15, 0.2) is 18.2 Å². The normalized spacial score (nSPS) is 13.8. The fraction of sp³-hybridized carbons (Fsp3) is 0.500. The summed E-state index contributed by atoms with van der Waals surface area (Å²) in [5.41, 5.74) is 0.145. The Bertz CT molecular complexity index is 381. The molecular formula is C12H17Cl2NO2. The van der Waals surface area contributed by atoms with Gasteiger partial charge in [-0.2, -0.15) is 0 Å². The minimum atomic E-state index is -0.734. The summed E-state index contributed by atoms with van der Waals surface area (Å²) >= 11 is 11.9. The van der Waals surface area contributed by atoms with Crippen LogP contribution < -0.4 is 5.32 Å². The summed E-state index contributed by atoms with van der Waals surface area (Å²) in [6.07, 6.45) is 0. The Labute approximate surface area is 111 Å². The molecule has 96 valence electrons. The van der Waals surface area contributed by atoms with E-state index in [1.165, 1.54) is 0 Å². The molecule has 0 aliphatic rings. The summed E-state index contributed by atoms with van der Waals surface area (Å²) in [5.74, 6) is 0. The van der Waals surface area contributed by atoms with E-state index in [0.717, 1.165) is 5.56 Å². The molecule has 1 rings (SSSR count). The molecule has 3 N–H and O–H groups in total. The molecular weight excluding hydrogens is 261 g/mol. The largest absolute Gasteiger partial charge is 0.394 e. The molecule has 0 spiro atoms. The molecule has 1 aromatic rings. The number of halogens is 2. The van der Waals surface area contributed by atoms with E-state index in [4.69, 9.17) is 23.2 Å². The van der Waals surface area contributed by atoms with Crippen LogP contribution in [0.3, 0.4) is 0 Å². The van der Waals surface area contributed by atoms with Crippen LogP contribution in [0.25, 0.3) is 0 Å². The molecule has 0 amide bonds. The zero-order valence-corrected chi connectivity index (χ0v) is 11.4. The van der Waals surface area contributed by atoms with Gasteiger partial charge in [0, 0.05) is 16.1 Å². The van der Waals surface area contributed by atoms with E-state index < -0.39 is 5.54 Å². The highest BCUT2D eigenvalue weighted by Gasteiger charge is 2.25. The van der Waals surface area contributed by atoms with Gasteiger partial charge in [0.05, 0.1) is 18.8 Å². The van der Waals surface area contributed by atoms with Crippen molar-refractivity contribution < 1.29 is 10.2 Å². The van der Waals surface area contributed by atoms with Crippen molar-refractivity contribution in [1.29, 1.82) is 0 Å². The maximum absolute atomic E-state index is 9.22. The number of nitrogens with one attached hydrogen (secondary N) is 1. The van der Waals surface area contributed by atoms with Gasteiger partial charge in [-0.3, -0.25) is 0 Å². The predicted octanol–water partition coefficient (Wildman–Crippen LogP) is 2.39. The summed E-state index contributed by atoms with van der Waals surface area (Å²) in [7, 11) is 0. The van der Waals surface area contributed by atoms with Gasteiger partial charge in [0.2, 0.25) is 0 Å². The topological polar surface area (TPSA) is 52.5 Å². The second-order valence-electron chi connectivity index (χ2n) is 4.41. The maximum atomic E-state index is 9.22. The van der Waals surface area contributed by atoms with Crippen molar-refractivity contribution >= 4 is 23.2 Å². The van der Waals surface area contributed by atoms with Gasteiger partial charge in [0.25, 0.3) is 0 Å². The highest BCUT2D eigenvalue weighted by molar-refractivity contribution is 6.35. The molecule has 0 heterocycles. The number of hydrogen-bond acceptors (Lipinski definition) is 3. The molecule has 1 unspecified atom stereocenters. The molecule has 5 heteroatoms. The van der Waals surface area contributed by atoms with Gasteiger partial charge in [0.1, 0.15) is 0 Å². The first-order chi connectivity index (χ1) is 7.91. The van der Waals surface area contributed by atoms with Crippen molar-refractivity contribution in [3.63, 3.8) is 0 Å². The molecule has 0 fully saturated rings. The lowest BCUT2D eigenvalue weighted by molar-refractivity contribution is 0.0958. The molecule has 1 aromatic carbocycles. The Balaban J connectivity index is 2.86. The minimum absolute atomic E-state index is 0.0935. The Kier molecular flexibility index (Phi) is 5.22. The first kappa shape index (κ1) is 14.7. The summed E-state index contributed by atoms with van der Waals surface area (Å²) in [5, 5.41) is 22.7. The number of aliphatic hydroxyl groups is 2. The molecule has 0 aliphatic carbocycles. The molecule has 3 nitrogen and oxygen atoms in total. The lowest BCUT2D eigenvalue weighted by atomic mass is 10.0. The Hall–Kier alpha value is -0.320. The summed E-state index contributed by atoms with van der Waals surface area (Å²) in [4.78, 5) is 0. The van der Waals surface area contributed by atoms with Gasteiger partial charge >= 0.3 is 0 Å². The smallest absolute Gasteiger partial charge is 0.0633 e. The average Bonchev–Trinajstić information content (AvgIpc) is 2.28. The van der Waals surface area contributed by atoms with Crippen molar-refractivity contribution in [3.8, 4) is 0 Å². The Morgan fingerprint density at radius 1 is 1.29 bits per heavy atom. The van der Waals surface area contributed by atoms with Crippen LogP contribution in [-0.4, -0.2) is 29.0 Å². The third kappa shape index (κ3) is 3.83. The second-order valence-corrected chi connectivity index (χ2v) is 5.25. The zero-order chi connectivity index (χ0) is 13.1. The van der Waals surface area contributed by atoms with E-state index in [0.29, 0.717) is 10.0 Å².